The molecule has 208 valence electrons. The molecule has 1 unspecified atom stereocenters. The minimum Gasteiger partial charge on any atom is -0.492 e. The van der Waals surface area contributed by atoms with Gasteiger partial charge in [0.2, 0.25) is 11.8 Å². The Hall–Kier alpha value is -3.92. The normalized spacial score (nSPS) is 12.1. The van der Waals surface area contributed by atoms with Gasteiger partial charge in [-0.2, -0.15) is 0 Å². The number of para-hydroxylation sites is 2. The molecule has 3 aromatic rings. The van der Waals surface area contributed by atoms with Gasteiger partial charge in [-0.05, 0) is 69.7 Å². The van der Waals surface area contributed by atoms with Crippen molar-refractivity contribution in [2.24, 2.45) is 0 Å². The lowest BCUT2D eigenvalue weighted by atomic mass is 10.1. The number of benzene rings is 3. The van der Waals surface area contributed by atoms with Crippen LogP contribution in [0.5, 0.6) is 5.75 Å². The summed E-state index contributed by atoms with van der Waals surface area (Å²) < 4.78 is 48.0. The molecule has 0 aliphatic heterocycles. The van der Waals surface area contributed by atoms with Crippen LogP contribution in [0.3, 0.4) is 0 Å². The minimum absolute atomic E-state index is 0.000199. The van der Waals surface area contributed by atoms with E-state index < -0.39 is 40.2 Å². The van der Waals surface area contributed by atoms with E-state index in [2.05, 4.69) is 5.32 Å². The summed E-state index contributed by atoms with van der Waals surface area (Å²) in [5.41, 5.74) is 0.777. The van der Waals surface area contributed by atoms with E-state index in [0.717, 1.165) is 4.31 Å². The van der Waals surface area contributed by atoms with Crippen LogP contribution in [0.4, 0.5) is 10.1 Å². The van der Waals surface area contributed by atoms with Crippen molar-refractivity contribution in [3.8, 4) is 5.75 Å². The molecule has 0 saturated heterocycles. The van der Waals surface area contributed by atoms with Gasteiger partial charge < -0.3 is 15.0 Å². The number of rotatable bonds is 12. The highest BCUT2D eigenvalue weighted by atomic mass is 32.2. The van der Waals surface area contributed by atoms with Gasteiger partial charge in [-0.1, -0.05) is 42.5 Å². The molecule has 2 amide bonds. The topological polar surface area (TPSA) is 96.0 Å². The molecule has 39 heavy (non-hydrogen) atoms. The Balaban J connectivity index is 2.06. The van der Waals surface area contributed by atoms with Crippen molar-refractivity contribution >= 4 is 27.5 Å². The van der Waals surface area contributed by atoms with Crippen LogP contribution in [0.25, 0.3) is 0 Å². The molecule has 0 aliphatic carbocycles. The molecule has 1 atom stereocenters. The van der Waals surface area contributed by atoms with E-state index in [1.54, 1.807) is 70.2 Å². The van der Waals surface area contributed by atoms with E-state index in [0.29, 0.717) is 11.3 Å². The molecule has 8 nitrogen and oxygen atoms in total. The average Bonchev–Trinajstić information content (AvgIpc) is 2.91. The van der Waals surface area contributed by atoms with Crippen LogP contribution in [0.2, 0.25) is 0 Å². The van der Waals surface area contributed by atoms with Crippen LogP contribution < -0.4 is 14.4 Å². The first-order valence-electron chi connectivity index (χ1n) is 12.7. The SMILES string of the molecule is CCOc1ccccc1N(CC(=O)N(Cc1ccc(F)cc1)C(C)C(=O)NC(C)C)S(=O)(=O)c1ccccc1. The molecule has 10 heteroatoms. The molecule has 3 aromatic carbocycles. The number of sulfonamides is 1. The Morgan fingerprint density at radius 1 is 0.923 bits per heavy atom. The fourth-order valence-electron chi connectivity index (χ4n) is 3.95. The van der Waals surface area contributed by atoms with Crippen molar-refractivity contribution in [1.29, 1.82) is 0 Å². The van der Waals surface area contributed by atoms with Crippen LogP contribution in [-0.2, 0) is 26.2 Å². The Morgan fingerprint density at radius 3 is 2.15 bits per heavy atom. The van der Waals surface area contributed by atoms with E-state index in [4.69, 9.17) is 4.74 Å². The number of carbonyl (C=O) groups excluding carboxylic acids is 2. The van der Waals surface area contributed by atoms with Gasteiger partial charge >= 0.3 is 0 Å². The predicted octanol–water partition coefficient (Wildman–Crippen LogP) is 4.36. The van der Waals surface area contributed by atoms with Crippen molar-refractivity contribution in [3.05, 3.63) is 90.2 Å². The Labute approximate surface area is 229 Å². The molecule has 0 aromatic heterocycles. The van der Waals surface area contributed by atoms with E-state index in [9.17, 15) is 22.4 Å². The fraction of sp³-hybridized carbons (Fsp3) is 0.310. The van der Waals surface area contributed by atoms with E-state index >= 15 is 0 Å². The summed E-state index contributed by atoms with van der Waals surface area (Å²) in [6.07, 6.45) is 0. The molecule has 1 N–H and O–H groups in total. The Bertz CT molecular complexity index is 1370. The standard InChI is InChI=1S/C29H34FN3O5S/c1-5-38-27-14-10-9-13-26(27)33(39(36,37)25-11-7-6-8-12-25)20-28(34)32(22(4)29(35)31-21(2)3)19-23-15-17-24(30)18-16-23/h6-18,21-22H,5,19-20H2,1-4H3,(H,31,35). The van der Waals surface area contributed by atoms with Crippen molar-refractivity contribution < 1.29 is 27.1 Å². The summed E-state index contributed by atoms with van der Waals surface area (Å²) in [5.74, 6) is -1.15. The Morgan fingerprint density at radius 2 is 1.54 bits per heavy atom. The van der Waals surface area contributed by atoms with Gasteiger partial charge in [0.15, 0.2) is 0 Å². The third-order valence-electron chi connectivity index (χ3n) is 5.91. The number of ether oxygens (including phenoxy) is 1. The molecular weight excluding hydrogens is 521 g/mol. The largest absolute Gasteiger partial charge is 0.492 e. The number of hydrogen-bond acceptors (Lipinski definition) is 5. The second-order valence-electron chi connectivity index (χ2n) is 9.21. The molecule has 0 saturated carbocycles. The lowest BCUT2D eigenvalue weighted by molar-refractivity contribution is -0.139. The number of carbonyl (C=O) groups is 2. The van der Waals surface area contributed by atoms with Gasteiger partial charge in [-0.3, -0.25) is 13.9 Å². The van der Waals surface area contributed by atoms with Crippen molar-refractivity contribution in [1.82, 2.24) is 10.2 Å². The minimum atomic E-state index is -4.21. The van der Waals surface area contributed by atoms with E-state index in [-0.39, 0.29) is 29.8 Å². The molecule has 0 aliphatic rings. The highest BCUT2D eigenvalue weighted by Gasteiger charge is 2.33. The molecule has 3 rings (SSSR count). The van der Waals surface area contributed by atoms with Crippen molar-refractivity contribution in [2.75, 3.05) is 17.5 Å². The van der Waals surface area contributed by atoms with Gasteiger partial charge in [0, 0.05) is 12.6 Å². The van der Waals surface area contributed by atoms with Gasteiger partial charge in [-0.15, -0.1) is 0 Å². The molecular formula is C29H34FN3O5S. The summed E-state index contributed by atoms with van der Waals surface area (Å²) in [6, 6.07) is 18.8. The van der Waals surface area contributed by atoms with Gasteiger partial charge in [0.25, 0.3) is 10.0 Å². The first-order chi connectivity index (χ1) is 18.5. The molecule has 0 fully saturated rings. The third-order valence-corrected chi connectivity index (χ3v) is 7.68. The van der Waals surface area contributed by atoms with Crippen LogP contribution in [0, 0.1) is 5.82 Å². The monoisotopic (exact) mass is 555 g/mol. The van der Waals surface area contributed by atoms with Gasteiger partial charge in [0.1, 0.15) is 24.2 Å². The lowest BCUT2D eigenvalue weighted by Gasteiger charge is -2.32. The lowest BCUT2D eigenvalue weighted by Crippen LogP contribution is -2.52. The smallest absolute Gasteiger partial charge is 0.264 e. The molecule has 0 spiro atoms. The maximum atomic E-state index is 13.9. The first kappa shape index (κ1) is 29.6. The van der Waals surface area contributed by atoms with Gasteiger partial charge in [0.05, 0.1) is 17.2 Å². The summed E-state index contributed by atoms with van der Waals surface area (Å²) in [4.78, 5) is 28.1. The van der Waals surface area contributed by atoms with Crippen molar-refractivity contribution in [3.63, 3.8) is 0 Å². The zero-order valence-corrected chi connectivity index (χ0v) is 23.3. The van der Waals surface area contributed by atoms with Crippen LogP contribution in [0.1, 0.15) is 33.3 Å². The highest BCUT2D eigenvalue weighted by Crippen LogP contribution is 2.32. The number of amides is 2. The highest BCUT2D eigenvalue weighted by molar-refractivity contribution is 7.92. The number of nitrogens with zero attached hydrogens (tertiary/aromatic N) is 2. The van der Waals surface area contributed by atoms with Crippen LogP contribution in [0.15, 0.2) is 83.8 Å². The summed E-state index contributed by atoms with van der Waals surface area (Å²) >= 11 is 0. The molecule has 0 heterocycles. The number of nitrogens with one attached hydrogen (secondary N) is 1. The van der Waals surface area contributed by atoms with Crippen molar-refractivity contribution in [2.45, 2.75) is 51.2 Å². The number of anilines is 1. The fourth-order valence-corrected chi connectivity index (χ4v) is 5.39. The maximum Gasteiger partial charge on any atom is 0.264 e. The zero-order chi connectivity index (χ0) is 28.6. The maximum absolute atomic E-state index is 13.9. The second kappa shape index (κ2) is 13.2. The molecule has 0 radical (unpaired) electrons. The third kappa shape index (κ3) is 7.57. The number of hydrogen-bond donors (Lipinski definition) is 1. The first-order valence-corrected chi connectivity index (χ1v) is 14.1. The zero-order valence-electron chi connectivity index (χ0n) is 22.5. The Kier molecular flexibility index (Phi) is 10.1. The van der Waals surface area contributed by atoms with E-state index in [1.165, 1.54) is 41.3 Å². The molecule has 0 bridgehead atoms. The van der Waals surface area contributed by atoms with Crippen LogP contribution >= 0.6 is 0 Å². The quantitative estimate of drug-likeness (QED) is 0.358. The number of halogens is 1. The second-order valence-corrected chi connectivity index (χ2v) is 11.1. The summed E-state index contributed by atoms with van der Waals surface area (Å²) in [5, 5.41) is 2.80. The van der Waals surface area contributed by atoms with Crippen LogP contribution in [-0.4, -0.2) is 50.4 Å². The predicted molar refractivity (Wildman–Crippen MR) is 148 cm³/mol. The van der Waals surface area contributed by atoms with Gasteiger partial charge in [-0.25, -0.2) is 12.8 Å². The van der Waals surface area contributed by atoms with E-state index in [1.807, 2.05) is 0 Å². The summed E-state index contributed by atoms with van der Waals surface area (Å²) in [7, 11) is -4.21. The average molecular weight is 556 g/mol. The summed E-state index contributed by atoms with van der Waals surface area (Å²) in [6.45, 7) is 6.61.